The van der Waals surface area contributed by atoms with Crippen LogP contribution in [0.3, 0.4) is 0 Å². The molecule has 1 aromatic rings. The van der Waals surface area contributed by atoms with Crippen LogP contribution in [-0.2, 0) is 12.8 Å². The third-order valence-corrected chi connectivity index (χ3v) is 3.41. The number of benzene rings is 1. The summed E-state index contributed by atoms with van der Waals surface area (Å²) in [6.45, 7) is 4.30. The van der Waals surface area contributed by atoms with Gasteiger partial charge in [0.1, 0.15) is 11.5 Å². The van der Waals surface area contributed by atoms with E-state index in [1.807, 2.05) is 0 Å². The van der Waals surface area contributed by atoms with Crippen LogP contribution in [-0.4, -0.2) is 14.2 Å². The highest BCUT2D eigenvalue weighted by Gasteiger charge is 2.10. The van der Waals surface area contributed by atoms with Gasteiger partial charge in [0, 0.05) is 0 Å². The van der Waals surface area contributed by atoms with Crippen molar-refractivity contribution in [3.63, 3.8) is 0 Å². The van der Waals surface area contributed by atoms with Crippen LogP contribution in [0, 0.1) is 6.42 Å². The number of aryl methyl sites for hydroxylation is 1. The number of ether oxygens (including phenoxy) is 2. The van der Waals surface area contributed by atoms with Gasteiger partial charge in [0.2, 0.25) is 0 Å². The zero-order chi connectivity index (χ0) is 14.1. The Morgan fingerprint density at radius 2 is 1.58 bits per heavy atom. The highest BCUT2D eigenvalue weighted by Crippen LogP contribution is 2.30. The molecule has 0 fully saturated rings. The number of hydrogen-bond donors (Lipinski definition) is 0. The minimum atomic E-state index is 0.912. The lowest BCUT2D eigenvalue weighted by molar-refractivity contribution is 0.394. The molecule has 0 saturated carbocycles. The molecule has 1 aromatic carbocycles. The third kappa shape index (κ3) is 4.77. The highest BCUT2D eigenvalue weighted by molar-refractivity contribution is 5.47. The van der Waals surface area contributed by atoms with Gasteiger partial charge in [-0.15, -0.1) is 0 Å². The lowest BCUT2D eigenvalue weighted by Gasteiger charge is -2.14. The smallest absolute Gasteiger partial charge is 0.122 e. The molecule has 0 aromatic heterocycles. The Balaban J connectivity index is 2.83. The predicted octanol–water partition coefficient (Wildman–Crippen LogP) is 4.59. The Kier molecular flexibility index (Phi) is 7.39. The second-order valence-electron chi connectivity index (χ2n) is 4.90. The van der Waals surface area contributed by atoms with Crippen LogP contribution in [0.15, 0.2) is 12.1 Å². The Labute approximate surface area is 118 Å². The summed E-state index contributed by atoms with van der Waals surface area (Å²) < 4.78 is 11.0. The minimum Gasteiger partial charge on any atom is -0.496 e. The monoisotopic (exact) mass is 263 g/mol. The average Bonchev–Trinajstić information content (AvgIpc) is 2.44. The van der Waals surface area contributed by atoms with E-state index in [1.54, 1.807) is 14.2 Å². The van der Waals surface area contributed by atoms with Crippen molar-refractivity contribution in [3.05, 3.63) is 29.7 Å². The molecule has 0 amide bonds. The second-order valence-corrected chi connectivity index (χ2v) is 4.90. The summed E-state index contributed by atoms with van der Waals surface area (Å²) in [6.07, 6.45) is 9.19. The fourth-order valence-electron chi connectivity index (χ4n) is 2.34. The largest absolute Gasteiger partial charge is 0.496 e. The molecular weight excluding hydrogens is 236 g/mol. The standard InChI is InChI=1S/C17H27O2/c1-5-7-8-9-11-15-13-16(18-3)14(10-6-2)12-17(15)19-4/h6,12-13H,5,7-11H2,1-4H3. The molecule has 0 aliphatic carbocycles. The fourth-order valence-corrected chi connectivity index (χ4v) is 2.34. The van der Waals surface area contributed by atoms with Crippen molar-refractivity contribution in [2.75, 3.05) is 14.2 Å². The van der Waals surface area contributed by atoms with E-state index in [0.29, 0.717) is 0 Å². The number of methoxy groups -OCH3 is 2. The fraction of sp³-hybridized carbons (Fsp3) is 0.588. The van der Waals surface area contributed by atoms with Gasteiger partial charge < -0.3 is 9.47 Å². The molecule has 2 nitrogen and oxygen atoms in total. The first kappa shape index (κ1) is 15.9. The number of unbranched alkanes of at least 4 members (excludes halogenated alkanes) is 3. The van der Waals surface area contributed by atoms with Gasteiger partial charge in [-0.25, -0.2) is 0 Å². The van der Waals surface area contributed by atoms with Crippen LogP contribution in [0.4, 0.5) is 0 Å². The first-order chi connectivity index (χ1) is 9.26. The summed E-state index contributed by atoms with van der Waals surface area (Å²) in [5.74, 6) is 1.97. The summed E-state index contributed by atoms with van der Waals surface area (Å²) in [6, 6.07) is 4.26. The topological polar surface area (TPSA) is 18.5 Å². The third-order valence-electron chi connectivity index (χ3n) is 3.41. The molecule has 1 rings (SSSR count). The Morgan fingerprint density at radius 3 is 2.16 bits per heavy atom. The molecule has 19 heavy (non-hydrogen) atoms. The summed E-state index contributed by atoms with van der Waals surface area (Å²) in [5, 5.41) is 0. The normalized spacial score (nSPS) is 10.5. The first-order valence-electron chi connectivity index (χ1n) is 7.28. The quantitative estimate of drug-likeness (QED) is 0.606. The maximum absolute atomic E-state index is 5.52. The maximum atomic E-state index is 5.52. The molecule has 2 heteroatoms. The second kappa shape index (κ2) is 8.84. The molecular formula is C17H27O2. The van der Waals surface area contributed by atoms with Crippen molar-refractivity contribution >= 4 is 0 Å². The van der Waals surface area contributed by atoms with Gasteiger partial charge in [-0.3, -0.25) is 0 Å². The molecule has 0 bridgehead atoms. The van der Waals surface area contributed by atoms with Crippen LogP contribution in [0.25, 0.3) is 0 Å². The van der Waals surface area contributed by atoms with E-state index in [-0.39, 0.29) is 0 Å². The molecule has 0 N–H and O–H groups in total. The Hall–Kier alpha value is -1.18. The molecule has 0 aliphatic heterocycles. The van der Waals surface area contributed by atoms with Crippen molar-refractivity contribution < 1.29 is 9.47 Å². The zero-order valence-electron chi connectivity index (χ0n) is 12.8. The van der Waals surface area contributed by atoms with E-state index in [4.69, 9.17) is 9.47 Å². The zero-order valence-corrected chi connectivity index (χ0v) is 12.8. The van der Waals surface area contributed by atoms with Crippen LogP contribution < -0.4 is 9.47 Å². The van der Waals surface area contributed by atoms with Crippen LogP contribution >= 0.6 is 0 Å². The van der Waals surface area contributed by atoms with Gasteiger partial charge in [-0.05, 0) is 48.9 Å². The van der Waals surface area contributed by atoms with Crippen molar-refractivity contribution in [1.29, 1.82) is 0 Å². The molecule has 0 heterocycles. The van der Waals surface area contributed by atoms with E-state index < -0.39 is 0 Å². The Bertz CT molecular complexity index is 372. The minimum absolute atomic E-state index is 0.912. The van der Waals surface area contributed by atoms with Crippen LogP contribution in [0.1, 0.15) is 50.7 Å². The predicted molar refractivity (Wildman–Crippen MR) is 81.1 cm³/mol. The van der Waals surface area contributed by atoms with Crippen molar-refractivity contribution in [3.8, 4) is 11.5 Å². The maximum Gasteiger partial charge on any atom is 0.122 e. The van der Waals surface area contributed by atoms with E-state index in [0.717, 1.165) is 24.3 Å². The SMILES string of the molecule is C[CH]Cc1cc(OC)c(CCCCCC)cc1OC. The molecule has 0 spiro atoms. The Morgan fingerprint density at radius 1 is 0.947 bits per heavy atom. The first-order valence-corrected chi connectivity index (χ1v) is 7.28. The van der Waals surface area contributed by atoms with Gasteiger partial charge in [0.15, 0.2) is 0 Å². The van der Waals surface area contributed by atoms with E-state index in [2.05, 4.69) is 32.4 Å². The van der Waals surface area contributed by atoms with E-state index in [1.165, 1.54) is 36.8 Å². The molecule has 0 saturated heterocycles. The molecule has 0 atom stereocenters. The summed E-state index contributed by atoms with van der Waals surface area (Å²) in [4.78, 5) is 0. The number of rotatable bonds is 9. The summed E-state index contributed by atoms with van der Waals surface area (Å²) in [5.41, 5.74) is 2.45. The van der Waals surface area contributed by atoms with Gasteiger partial charge in [-0.1, -0.05) is 33.1 Å². The van der Waals surface area contributed by atoms with Crippen molar-refractivity contribution in [2.24, 2.45) is 0 Å². The van der Waals surface area contributed by atoms with Crippen molar-refractivity contribution in [2.45, 2.75) is 52.4 Å². The lowest BCUT2D eigenvalue weighted by atomic mass is 10.0. The lowest BCUT2D eigenvalue weighted by Crippen LogP contribution is -1.99. The van der Waals surface area contributed by atoms with E-state index >= 15 is 0 Å². The molecule has 0 unspecified atom stereocenters. The van der Waals surface area contributed by atoms with Crippen molar-refractivity contribution in [1.82, 2.24) is 0 Å². The van der Waals surface area contributed by atoms with Crippen LogP contribution in [0.5, 0.6) is 11.5 Å². The number of hydrogen-bond acceptors (Lipinski definition) is 2. The molecule has 1 radical (unpaired) electrons. The average molecular weight is 263 g/mol. The van der Waals surface area contributed by atoms with E-state index in [9.17, 15) is 0 Å². The summed E-state index contributed by atoms with van der Waals surface area (Å²) in [7, 11) is 3.48. The van der Waals surface area contributed by atoms with Gasteiger partial charge in [-0.2, -0.15) is 0 Å². The summed E-state index contributed by atoms with van der Waals surface area (Å²) >= 11 is 0. The highest BCUT2D eigenvalue weighted by atomic mass is 16.5. The van der Waals surface area contributed by atoms with Gasteiger partial charge in [0.25, 0.3) is 0 Å². The molecule has 0 aliphatic rings. The van der Waals surface area contributed by atoms with Gasteiger partial charge in [0.05, 0.1) is 14.2 Å². The molecule has 107 valence electrons. The van der Waals surface area contributed by atoms with Crippen LogP contribution in [0.2, 0.25) is 0 Å². The van der Waals surface area contributed by atoms with Gasteiger partial charge >= 0.3 is 0 Å².